The van der Waals surface area contributed by atoms with Crippen LogP contribution in [0.15, 0.2) is 71.8 Å². The molecule has 8 heteroatoms. The molecule has 0 saturated carbocycles. The number of nitrogens with one attached hydrogen (secondary N) is 1. The number of pyridine rings is 1. The number of rotatable bonds is 5. The van der Waals surface area contributed by atoms with E-state index in [-0.39, 0.29) is 10.7 Å². The van der Waals surface area contributed by atoms with Gasteiger partial charge < -0.3 is 14.4 Å². The van der Waals surface area contributed by atoms with Gasteiger partial charge in [0.25, 0.3) is 10.0 Å². The monoisotopic (exact) mass is 397 g/mol. The summed E-state index contributed by atoms with van der Waals surface area (Å²) < 4.78 is 38.7. The Kier molecular flexibility index (Phi) is 4.79. The second-order valence-corrected chi connectivity index (χ2v) is 7.89. The minimum atomic E-state index is -3.79. The van der Waals surface area contributed by atoms with Crippen LogP contribution in [0.4, 0.5) is 17.2 Å². The minimum Gasteiger partial charge on any atom is -0.486 e. The average molecular weight is 397 g/mol. The third-order valence-corrected chi connectivity index (χ3v) is 5.69. The van der Waals surface area contributed by atoms with Crippen LogP contribution < -0.4 is 19.1 Å². The fraction of sp³-hybridized carbons (Fsp3) is 0.150. The third-order valence-electron chi connectivity index (χ3n) is 4.34. The second kappa shape index (κ2) is 7.40. The van der Waals surface area contributed by atoms with E-state index in [2.05, 4.69) is 9.71 Å². The number of benzene rings is 2. The maximum atomic E-state index is 12.7. The van der Waals surface area contributed by atoms with Crippen molar-refractivity contribution in [3.05, 3.63) is 66.9 Å². The molecule has 0 spiro atoms. The number of hydrogen-bond acceptors (Lipinski definition) is 6. The Morgan fingerprint density at radius 3 is 2.39 bits per heavy atom. The number of para-hydroxylation sites is 1. The Bertz CT molecular complexity index is 1070. The summed E-state index contributed by atoms with van der Waals surface area (Å²) in [6.07, 6.45) is 1.62. The average Bonchev–Trinajstić information content (AvgIpc) is 2.74. The van der Waals surface area contributed by atoms with E-state index in [0.717, 1.165) is 11.4 Å². The molecule has 0 fully saturated rings. The smallest absolute Gasteiger partial charge is 0.263 e. The lowest BCUT2D eigenvalue weighted by atomic mass is 10.3. The number of hydrogen-bond donors (Lipinski definition) is 1. The van der Waals surface area contributed by atoms with Crippen molar-refractivity contribution < 1.29 is 17.9 Å². The van der Waals surface area contributed by atoms with Gasteiger partial charge in [-0.1, -0.05) is 18.2 Å². The van der Waals surface area contributed by atoms with Gasteiger partial charge >= 0.3 is 0 Å². The van der Waals surface area contributed by atoms with Gasteiger partial charge in [-0.3, -0.25) is 4.72 Å². The first-order valence-corrected chi connectivity index (χ1v) is 10.2. The number of aromatic nitrogens is 1. The number of anilines is 3. The molecular weight excluding hydrogens is 378 g/mol. The molecular formula is C20H19N3O4S. The van der Waals surface area contributed by atoms with E-state index in [1.54, 1.807) is 18.3 Å². The van der Waals surface area contributed by atoms with Crippen LogP contribution in [0.25, 0.3) is 0 Å². The number of ether oxygens (including phenoxy) is 2. The fourth-order valence-corrected chi connectivity index (χ4v) is 3.86. The van der Waals surface area contributed by atoms with Crippen LogP contribution >= 0.6 is 0 Å². The Morgan fingerprint density at radius 2 is 1.68 bits per heavy atom. The summed E-state index contributed by atoms with van der Waals surface area (Å²) in [5, 5.41) is 0. The molecule has 144 valence electrons. The number of fused-ring (bicyclic) bond motifs is 1. The quantitative estimate of drug-likeness (QED) is 0.711. The van der Waals surface area contributed by atoms with E-state index in [1.165, 1.54) is 12.1 Å². The maximum Gasteiger partial charge on any atom is 0.263 e. The summed E-state index contributed by atoms with van der Waals surface area (Å²) in [5.41, 5.74) is 1.85. The first-order chi connectivity index (χ1) is 13.5. The molecule has 0 unspecified atom stereocenters. The molecule has 0 atom stereocenters. The standard InChI is InChI=1S/C20H19N3O4S/c1-23(15-5-3-2-4-6-15)16-7-10-20(21-14-16)22-28(24,25)17-8-9-18-19(13-17)27-12-11-26-18/h2-10,13-14H,11-12H2,1H3,(H,21,22). The second-order valence-electron chi connectivity index (χ2n) is 6.21. The van der Waals surface area contributed by atoms with Crippen molar-refractivity contribution in [3.63, 3.8) is 0 Å². The minimum absolute atomic E-state index is 0.0871. The zero-order valence-electron chi connectivity index (χ0n) is 15.2. The van der Waals surface area contributed by atoms with Crippen molar-refractivity contribution in [2.24, 2.45) is 0 Å². The zero-order chi connectivity index (χ0) is 19.6. The highest BCUT2D eigenvalue weighted by Crippen LogP contribution is 2.32. The predicted molar refractivity (Wildman–Crippen MR) is 107 cm³/mol. The fourth-order valence-electron chi connectivity index (χ4n) is 2.83. The molecule has 28 heavy (non-hydrogen) atoms. The Balaban J connectivity index is 1.52. The van der Waals surface area contributed by atoms with Crippen LogP contribution in [-0.4, -0.2) is 33.7 Å². The van der Waals surface area contributed by atoms with Gasteiger partial charge in [-0.25, -0.2) is 13.4 Å². The van der Waals surface area contributed by atoms with Crippen molar-refractivity contribution in [2.75, 3.05) is 29.9 Å². The summed E-state index contributed by atoms with van der Waals surface area (Å²) in [4.78, 5) is 6.29. The van der Waals surface area contributed by atoms with E-state index in [4.69, 9.17) is 9.47 Å². The van der Waals surface area contributed by atoms with Crippen molar-refractivity contribution in [1.29, 1.82) is 0 Å². The third kappa shape index (κ3) is 3.72. The van der Waals surface area contributed by atoms with E-state index in [1.807, 2.05) is 48.3 Å². The summed E-state index contributed by atoms with van der Waals surface area (Å²) in [6.45, 7) is 0.840. The molecule has 0 saturated heterocycles. The summed E-state index contributed by atoms with van der Waals surface area (Å²) >= 11 is 0. The van der Waals surface area contributed by atoms with Crippen LogP contribution in [0.2, 0.25) is 0 Å². The topological polar surface area (TPSA) is 80.8 Å². The molecule has 1 aliphatic rings. The highest BCUT2D eigenvalue weighted by atomic mass is 32.2. The van der Waals surface area contributed by atoms with Gasteiger partial charge in [-0.2, -0.15) is 0 Å². The Morgan fingerprint density at radius 1 is 0.929 bits per heavy atom. The molecule has 4 rings (SSSR count). The van der Waals surface area contributed by atoms with Crippen LogP contribution in [0, 0.1) is 0 Å². The first-order valence-electron chi connectivity index (χ1n) is 8.70. The van der Waals surface area contributed by atoms with Gasteiger partial charge in [0.2, 0.25) is 0 Å². The molecule has 7 nitrogen and oxygen atoms in total. The molecule has 0 aliphatic carbocycles. The largest absolute Gasteiger partial charge is 0.486 e. The molecule has 0 amide bonds. The maximum absolute atomic E-state index is 12.7. The SMILES string of the molecule is CN(c1ccccc1)c1ccc(NS(=O)(=O)c2ccc3c(c2)OCCO3)nc1. The molecule has 2 aromatic carbocycles. The molecule has 1 aliphatic heterocycles. The first kappa shape index (κ1) is 18.1. The number of sulfonamides is 1. The van der Waals surface area contributed by atoms with Gasteiger partial charge in [0, 0.05) is 18.8 Å². The summed E-state index contributed by atoms with van der Waals surface area (Å²) in [7, 11) is -1.87. The van der Waals surface area contributed by atoms with Crippen LogP contribution in [0.3, 0.4) is 0 Å². The highest BCUT2D eigenvalue weighted by Gasteiger charge is 2.20. The van der Waals surface area contributed by atoms with Crippen molar-refractivity contribution in [3.8, 4) is 11.5 Å². The normalized spacial score (nSPS) is 13.0. The van der Waals surface area contributed by atoms with Crippen LogP contribution in [0.1, 0.15) is 0 Å². The Labute approximate surface area is 163 Å². The number of nitrogens with zero attached hydrogens (tertiary/aromatic N) is 2. The van der Waals surface area contributed by atoms with E-state index >= 15 is 0 Å². The van der Waals surface area contributed by atoms with Gasteiger partial charge in [-0.15, -0.1) is 0 Å². The molecule has 1 N–H and O–H groups in total. The summed E-state index contributed by atoms with van der Waals surface area (Å²) in [5.74, 6) is 1.19. The van der Waals surface area contributed by atoms with Gasteiger partial charge in [0.1, 0.15) is 19.0 Å². The lowest BCUT2D eigenvalue weighted by molar-refractivity contribution is 0.171. The van der Waals surface area contributed by atoms with Gasteiger partial charge in [0.05, 0.1) is 16.8 Å². The lowest BCUT2D eigenvalue weighted by Gasteiger charge is -2.20. The zero-order valence-corrected chi connectivity index (χ0v) is 16.0. The molecule has 2 heterocycles. The van der Waals surface area contributed by atoms with Gasteiger partial charge in [-0.05, 0) is 36.4 Å². The van der Waals surface area contributed by atoms with Crippen LogP contribution in [-0.2, 0) is 10.0 Å². The Hall–Kier alpha value is -3.26. The molecule has 0 radical (unpaired) electrons. The highest BCUT2D eigenvalue weighted by molar-refractivity contribution is 7.92. The van der Waals surface area contributed by atoms with Crippen molar-refractivity contribution in [2.45, 2.75) is 4.90 Å². The molecule has 0 bridgehead atoms. The lowest BCUT2D eigenvalue weighted by Crippen LogP contribution is -2.18. The van der Waals surface area contributed by atoms with E-state index in [0.29, 0.717) is 24.7 Å². The van der Waals surface area contributed by atoms with E-state index < -0.39 is 10.0 Å². The van der Waals surface area contributed by atoms with Crippen molar-refractivity contribution >= 4 is 27.2 Å². The van der Waals surface area contributed by atoms with Crippen molar-refractivity contribution in [1.82, 2.24) is 4.98 Å². The van der Waals surface area contributed by atoms with E-state index in [9.17, 15) is 8.42 Å². The van der Waals surface area contributed by atoms with Crippen LogP contribution in [0.5, 0.6) is 11.5 Å². The predicted octanol–water partition coefficient (Wildman–Crippen LogP) is 3.42. The molecule has 1 aromatic heterocycles. The molecule has 3 aromatic rings. The summed E-state index contributed by atoms with van der Waals surface area (Å²) in [6, 6.07) is 17.8. The van der Waals surface area contributed by atoms with Gasteiger partial charge in [0.15, 0.2) is 11.5 Å².